The van der Waals surface area contributed by atoms with Gasteiger partial charge in [-0.2, -0.15) is 0 Å². The van der Waals surface area contributed by atoms with E-state index in [2.05, 4.69) is 10.6 Å². The van der Waals surface area contributed by atoms with E-state index in [1.807, 2.05) is 24.3 Å². The van der Waals surface area contributed by atoms with E-state index in [0.717, 1.165) is 24.2 Å². The molecule has 1 aromatic carbocycles. The van der Waals surface area contributed by atoms with Gasteiger partial charge in [0.25, 0.3) is 0 Å². The minimum Gasteiger partial charge on any atom is -0.493 e. The van der Waals surface area contributed by atoms with E-state index in [9.17, 15) is 9.90 Å². The van der Waals surface area contributed by atoms with Crippen LogP contribution in [0.1, 0.15) is 36.3 Å². The molecule has 1 aliphatic rings. The fourth-order valence-electron chi connectivity index (χ4n) is 2.65. The number of amides is 2. The van der Waals surface area contributed by atoms with Crippen LogP contribution < -0.4 is 15.4 Å². The van der Waals surface area contributed by atoms with Crippen LogP contribution in [0.5, 0.6) is 5.75 Å². The first-order valence-corrected chi connectivity index (χ1v) is 7.71. The Labute approximate surface area is 134 Å². The first kappa shape index (κ1) is 15.4. The Kier molecular flexibility index (Phi) is 4.83. The molecule has 1 aromatic heterocycles. The first-order chi connectivity index (χ1) is 11.2. The number of hydrogen-bond acceptors (Lipinski definition) is 4. The molecule has 1 aliphatic heterocycles. The molecule has 6 heteroatoms. The summed E-state index contributed by atoms with van der Waals surface area (Å²) in [6, 6.07) is 10.7. The van der Waals surface area contributed by atoms with Crippen LogP contribution in [0, 0.1) is 0 Å². The predicted molar refractivity (Wildman–Crippen MR) is 84.1 cm³/mol. The summed E-state index contributed by atoms with van der Waals surface area (Å²) in [6.07, 6.45) is 2.31. The highest BCUT2D eigenvalue weighted by atomic mass is 16.5. The molecule has 0 aliphatic carbocycles. The molecule has 0 radical (unpaired) electrons. The highest BCUT2D eigenvalue weighted by molar-refractivity contribution is 5.74. The largest absolute Gasteiger partial charge is 0.493 e. The lowest BCUT2D eigenvalue weighted by atomic mass is 10.0. The SMILES string of the molecule is O=C(NCC(O)c1ccco1)NC1CCCOc2ccccc21. The molecular weight excluding hydrogens is 296 g/mol. The zero-order chi connectivity index (χ0) is 16.1. The molecule has 2 unspecified atom stereocenters. The molecule has 2 aromatic rings. The Balaban J connectivity index is 1.57. The van der Waals surface area contributed by atoms with Gasteiger partial charge in [-0.1, -0.05) is 18.2 Å². The monoisotopic (exact) mass is 316 g/mol. The van der Waals surface area contributed by atoms with Gasteiger partial charge in [0.15, 0.2) is 0 Å². The van der Waals surface area contributed by atoms with Crippen LogP contribution in [0.2, 0.25) is 0 Å². The summed E-state index contributed by atoms with van der Waals surface area (Å²) >= 11 is 0. The number of hydrogen-bond donors (Lipinski definition) is 3. The highest BCUT2D eigenvalue weighted by Gasteiger charge is 2.21. The van der Waals surface area contributed by atoms with Crippen molar-refractivity contribution in [3.8, 4) is 5.75 Å². The summed E-state index contributed by atoms with van der Waals surface area (Å²) in [5.74, 6) is 1.24. The van der Waals surface area contributed by atoms with Crippen LogP contribution >= 0.6 is 0 Å². The molecule has 2 amide bonds. The standard InChI is InChI=1S/C17H20N2O4/c20-14(16-8-4-10-23-16)11-18-17(21)19-13-6-3-9-22-15-7-2-1-5-12(13)15/h1-2,4-5,7-8,10,13-14,20H,3,6,9,11H2,(H2,18,19,21). The second kappa shape index (κ2) is 7.19. The van der Waals surface area contributed by atoms with Crippen molar-refractivity contribution < 1.29 is 19.1 Å². The van der Waals surface area contributed by atoms with Gasteiger partial charge in [0.05, 0.1) is 25.5 Å². The number of carbonyl (C=O) groups is 1. The summed E-state index contributed by atoms with van der Waals surface area (Å²) < 4.78 is 10.8. The van der Waals surface area contributed by atoms with Crippen LogP contribution in [0.3, 0.4) is 0 Å². The topological polar surface area (TPSA) is 83.7 Å². The molecule has 23 heavy (non-hydrogen) atoms. The fraction of sp³-hybridized carbons (Fsp3) is 0.353. The Morgan fingerprint density at radius 3 is 3.00 bits per heavy atom. The molecule has 2 atom stereocenters. The lowest BCUT2D eigenvalue weighted by molar-refractivity contribution is 0.147. The number of para-hydroxylation sites is 1. The van der Waals surface area contributed by atoms with E-state index in [-0.39, 0.29) is 18.6 Å². The molecule has 6 nitrogen and oxygen atoms in total. The summed E-state index contributed by atoms with van der Waals surface area (Å²) in [4.78, 5) is 12.1. The lowest BCUT2D eigenvalue weighted by Gasteiger charge is -2.19. The normalized spacial score (nSPS) is 18.2. The van der Waals surface area contributed by atoms with Gasteiger partial charge in [-0.15, -0.1) is 0 Å². The second-order valence-electron chi connectivity index (χ2n) is 5.47. The third kappa shape index (κ3) is 3.84. The van der Waals surface area contributed by atoms with E-state index in [0.29, 0.717) is 12.4 Å². The molecule has 122 valence electrons. The van der Waals surface area contributed by atoms with Gasteiger partial charge in [0.1, 0.15) is 17.6 Å². The van der Waals surface area contributed by atoms with Crippen molar-refractivity contribution in [1.29, 1.82) is 0 Å². The molecule has 3 N–H and O–H groups in total. The number of nitrogens with one attached hydrogen (secondary N) is 2. The van der Waals surface area contributed by atoms with Crippen molar-refractivity contribution in [2.24, 2.45) is 0 Å². The molecule has 0 saturated heterocycles. The van der Waals surface area contributed by atoms with Crippen molar-refractivity contribution in [1.82, 2.24) is 10.6 Å². The summed E-state index contributed by atoms with van der Waals surface area (Å²) in [6.45, 7) is 0.734. The van der Waals surface area contributed by atoms with Gasteiger partial charge in [-0.25, -0.2) is 4.79 Å². The van der Waals surface area contributed by atoms with Crippen molar-refractivity contribution >= 4 is 6.03 Å². The Morgan fingerprint density at radius 2 is 2.17 bits per heavy atom. The molecule has 2 heterocycles. The van der Waals surface area contributed by atoms with Crippen molar-refractivity contribution in [2.75, 3.05) is 13.2 Å². The van der Waals surface area contributed by atoms with Gasteiger partial charge >= 0.3 is 6.03 Å². The number of furan rings is 1. The number of rotatable bonds is 4. The summed E-state index contributed by atoms with van der Waals surface area (Å²) in [7, 11) is 0. The maximum atomic E-state index is 12.1. The Hall–Kier alpha value is -2.47. The maximum absolute atomic E-state index is 12.1. The average molecular weight is 316 g/mol. The number of fused-ring (bicyclic) bond motifs is 1. The van der Waals surface area contributed by atoms with Gasteiger partial charge in [-0.05, 0) is 31.0 Å². The van der Waals surface area contributed by atoms with Crippen LogP contribution in [-0.4, -0.2) is 24.3 Å². The van der Waals surface area contributed by atoms with E-state index >= 15 is 0 Å². The number of ether oxygens (including phenoxy) is 1. The maximum Gasteiger partial charge on any atom is 0.315 e. The first-order valence-electron chi connectivity index (χ1n) is 7.71. The summed E-state index contributed by atoms with van der Waals surface area (Å²) in [5, 5.41) is 15.5. The van der Waals surface area contributed by atoms with Crippen LogP contribution in [0.4, 0.5) is 4.79 Å². The quantitative estimate of drug-likeness (QED) is 0.809. The van der Waals surface area contributed by atoms with Crippen molar-refractivity contribution in [3.05, 3.63) is 54.0 Å². The van der Waals surface area contributed by atoms with Crippen molar-refractivity contribution in [3.63, 3.8) is 0 Å². The van der Waals surface area contributed by atoms with E-state index in [1.165, 1.54) is 6.26 Å². The van der Waals surface area contributed by atoms with Gasteiger partial charge in [-0.3, -0.25) is 0 Å². The average Bonchev–Trinajstić information content (AvgIpc) is 3.03. The van der Waals surface area contributed by atoms with E-state index in [1.54, 1.807) is 12.1 Å². The molecule has 0 bridgehead atoms. The van der Waals surface area contributed by atoms with Crippen molar-refractivity contribution in [2.45, 2.75) is 25.0 Å². The number of aliphatic hydroxyl groups is 1. The summed E-state index contributed by atoms with van der Waals surface area (Å²) in [5.41, 5.74) is 0.978. The fourth-order valence-corrected chi connectivity index (χ4v) is 2.65. The Morgan fingerprint density at radius 1 is 1.30 bits per heavy atom. The second-order valence-corrected chi connectivity index (χ2v) is 5.47. The molecule has 0 fully saturated rings. The molecule has 0 saturated carbocycles. The zero-order valence-corrected chi connectivity index (χ0v) is 12.7. The van der Waals surface area contributed by atoms with E-state index < -0.39 is 6.10 Å². The van der Waals surface area contributed by atoms with Gasteiger partial charge in [0.2, 0.25) is 0 Å². The third-order valence-corrected chi connectivity index (χ3v) is 3.82. The molecule has 3 rings (SSSR count). The molecular formula is C17H20N2O4. The number of aliphatic hydroxyl groups excluding tert-OH is 1. The smallest absolute Gasteiger partial charge is 0.315 e. The third-order valence-electron chi connectivity index (χ3n) is 3.82. The van der Waals surface area contributed by atoms with Gasteiger partial charge < -0.3 is 24.9 Å². The van der Waals surface area contributed by atoms with E-state index in [4.69, 9.17) is 9.15 Å². The van der Waals surface area contributed by atoms with Crippen LogP contribution in [-0.2, 0) is 0 Å². The number of benzene rings is 1. The highest BCUT2D eigenvalue weighted by Crippen LogP contribution is 2.30. The lowest BCUT2D eigenvalue weighted by Crippen LogP contribution is -2.39. The minimum absolute atomic E-state index is 0.0875. The minimum atomic E-state index is -0.861. The Bertz CT molecular complexity index is 642. The number of carbonyl (C=O) groups excluding carboxylic acids is 1. The van der Waals surface area contributed by atoms with Crippen LogP contribution in [0.25, 0.3) is 0 Å². The predicted octanol–water partition coefficient (Wildman–Crippen LogP) is 2.53. The van der Waals surface area contributed by atoms with Crippen LogP contribution in [0.15, 0.2) is 47.1 Å². The number of urea groups is 1. The molecule has 0 spiro atoms. The van der Waals surface area contributed by atoms with Gasteiger partial charge in [0, 0.05) is 5.56 Å². The zero-order valence-electron chi connectivity index (χ0n) is 12.7.